The quantitative estimate of drug-likeness (QED) is 0.677. The fourth-order valence-electron chi connectivity index (χ4n) is 2.15. The van der Waals surface area contributed by atoms with E-state index in [1.165, 1.54) is 6.07 Å². The molecule has 0 saturated heterocycles. The predicted molar refractivity (Wildman–Crippen MR) is 78.7 cm³/mol. The summed E-state index contributed by atoms with van der Waals surface area (Å²) in [7, 11) is 0. The molecule has 2 amide bonds. The molecule has 4 nitrogen and oxygen atoms in total. The van der Waals surface area contributed by atoms with Crippen molar-refractivity contribution in [3.8, 4) is 0 Å². The van der Waals surface area contributed by atoms with Crippen molar-refractivity contribution in [3.63, 3.8) is 0 Å². The van der Waals surface area contributed by atoms with Crippen LogP contribution in [0.2, 0.25) is 0 Å². The second-order valence-corrected chi connectivity index (χ2v) is 6.02. The third kappa shape index (κ3) is 5.51. The fourth-order valence-corrected chi connectivity index (χ4v) is 2.71. The number of alkyl halides is 2. The van der Waals surface area contributed by atoms with Crippen molar-refractivity contribution in [2.75, 3.05) is 11.9 Å². The first-order valence-electron chi connectivity index (χ1n) is 6.81. The molecule has 116 valence electrons. The molecule has 1 saturated carbocycles. The molecule has 1 aromatic carbocycles. The van der Waals surface area contributed by atoms with Crippen LogP contribution in [0.1, 0.15) is 19.3 Å². The predicted octanol–water partition coefficient (Wildman–Crippen LogP) is 3.28. The Balaban J connectivity index is 1.89. The summed E-state index contributed by atoms with van der Waals surface area (Å²) in [6.07, 6.45) is 2.65. The molecule has 1 aliphatic rings. The average Bonchev–Trinajstić information content (AvgIpc) is 3.22. The van der Waals surface area contributed by atoms with Gasteiger partial charge in [0.15, 0.2) is 0 Å². The summed E-state index contributed by atoms with van der Waals surface area (Å²) < 4.78 is 24.6. The Bertz CT molecular complexity index is 484. The number of benzene rings is 1. The summed E-state index contributed by atoms with van der Waals surface area (Å²) in [5.41, 5.74) is 0.469. The molecule has 0 spiro atoms. The topological polar surface area (TPSA) is 61.4 Å². The molecular weight excluding hydrogens is 298 g/mol. The van der Waals surface area contributed by atoms with Crippen LogP contribution in [-0.2, 0) is 0 Å². The number of aliphatic hydroxyl groups excluding tert-OH is 1. The molecule has 0 unspecified atom stereocenters. The molecule has 0 aliphatic heterocycles. The van der Waals surface area contributed by atoms with Crippen molar-refractivity contribution in [1.82, 2.24) is 5.32 Å². The highest BCUT2D eigenvalue weighted by Crippen LogP contribution is 2.34. The van der Waals surface area contributed by atoms with Crippen molar-refractivity contribution in [3.05, 3.63) is 24.3 Å². The van der Waals surface area contributed by atoms with Gasteiger partial charge in [0, 0.05) is 23.2 Å². The number of aliphatic hydroxyl groups is 1. The summed E-state index contributed by atoms with van der Waals surface area (Å²) in [4.78, 5) is 12.3. The number of thioether (sulfide) groups is 1. The molecule has 0 aromatic heterocycles. The van der Waals surface area contributed by atoms with E-state index >= 15 is 0 Å². The first kappa shape index (κ1) is 16.0. The Kier molecular flexibility index (Phi) is 5.81. The normalized spacial score (nSPS) is 15.8. The van der Waals surface area contributed by atoms with Crippen LogP contribution in [0, 0.1) is 5.92 Å². The number of nitrogens with one attached hydrogen (secondary N) is 2. The van der Waals surface area contributed by atoms with Gasteiger partial charge in [-0.25, -0.2) is 4.79 Å². The molecule has 3 N–H and O–H groups in total. The largest absolute Gasteiger partial charge is 0.396 e. The second-order valence-electron chi connectivity index (χ2n) is 4.96. The van der Waals surface area contributed by atoms with E-state index in [1.807, 2.05) is 0 Å². The second kappa shape index (κ2) is 7.61. The summed E-state index contributed by atoms with van der Waals surface area (Å²) in [6, 6.07) is 5.93. The maximum absolute atomic E-state index is 12.3. The summed E-state index contributed by atoms with van der Waals surface area (Å²) in [6.45, 7) is 0.0297. The van der Waals surface area contributed by atoms with Gasteiger partial charge < -0.3 is 15.7 Å². The van der Waals surface area contributed by atoms with Crippen molar-refractivity contribution in [2.45, 2.75) is 36.0 Å². The van der Waals surface area contributed by atoms with Crippen LogP contribution in [0.25, 0.3) is 0 Å². The third-order valence-corrected chi connectivity index (χ3v) is 3.97. The van der Waals surface area contributed by atoms with Gasteiger partial charge in [-0.3, -0.25) is 0 Å². The zero-order chi connectivity index (χ0) is 15.2. The first-order valence-corrected chi connectivity index (χ1v) is 7.69. The zero-order valence-corrected chi connectivity index (χ0v) is 12.2. The van der Waals surface area contributed by atoms with E-state index in [0.717, 1.165) is 12.8 Å². The lowest BCUT2D eigenvalue weighted by Gasteiger charge is -2.17. The molecule has 1 aromatic rings. The minimum atomic E-state index is -2.49. The highest BCUT2D eigenvalue weighted by atomic mass is 32.2. The molecule has 7 heteroatoms. The van der Waals surface area contributed by atoms with Crippen LogP contribution in [-0.4, -0.2) is 29.5 Å². The van der Waals surface area contributed by atoms with Crippen LogP contribution in [0.3, 0.4) is 0 Å². The molecule has 0 radical (unpaired) electrons. The Morgan fingerprint density at radius 3 is 2.81 bits per heavy atom. The SMILES string of the molecule is O=C(Nc1cccc(SC(F)F)c1)N[C@@H](CCO)C1CC1. The molecule has 0 bridgehead atoms. The molecule has 21 heavy (non-hydrogen) atoms. The highest BCUT2D eigenvalue weighted by molar-refractivity contribution is 7.99. The van der Waals surface area contributed by atoms with E-state index in [9.17, 15) is 13.6 Å². The number of hydrogen-bond donors (Lipinski definition) is 3. The number of hydrogen-bond acceptors (Lipinski definition) is 3. The molecule has 1 aliphatic carbocycles. The Labute approximate surface area is 126 Å². The number of carbonyl (C=O) groups is 1. The van der Waals surface area contributed by atoms with Crippen LogP contribution < -0.4 is 10.6 Å². The van der Waals surface area contributed by atoms with E-state index in [4.69, 9.17) is 5.11 Å². The Morgan fingerprint density at radius 1 is 1.43 bits per heavy atom. The standard InChI is InChI=1S/C14H18F2N2O2S/c15-13(16)21-11-3-1-2-10(8-11)17-14(20)18-12(6-7-19)9-4-5-9/h1-3,8-9,12-13,19H,4-7H2,(H2,17,18,20)/t12-/m0/s1. The van der Waals surface area contributed by atoms with Crippen LogP contribution in [0.5, 0.6) is 0 Å². The minimum absolute atomic E-state index is 0.0297. The van der Waals surface area contributed by atoms with E-state index in [0.29, 0.717) is 34.7 Å². The van der Waals surface area contributed by atoms with Gasteiger partial charge in [-0.2, -0.15) is 8.78 Å². The first-order chi connectivity index (χ1) is 10.1. The van der Waals surface area contributed by atoms with Crippen LogP contribution in [0.4, 0.5) is 19.3 Å². The van der Waals surface area contributed by atoms with E-state index in [-0.39, 0.29) is 18.7 Å². The fraction of sp³-hybridized carbons (Fsp3) is 0.500. The van der Waals surface area contributed by atoms with Gasteiger partial charge in [-0.1, -0.05) is 17.8 Å². The Morgan fingerprint density at radius 2 is 2.19 bits per heavy atom. The van der Waals surface area contributed by atoms with E-state index < -0.39 is 5.76 Å². The molecule has 0 heterocycles. The number of amides is 2. The third-order valence-electron chi connectivity index (χ3n) is 3.26. The van der Waals surface area contributed by atoms with Crippen LogP contribution in [0.15, 0.2) is 29.2 Å². The van der Waals surface area contributed by atoms with Crippen molar-refractivity contribution < 1.29 is 18.7 Å². The van der Waals surface area contributed by atoms with Gasteiger partial charge in [0.05, 0.1) is 0 Å². The molecule has 2 rings (SSSR count). The number of halogens is 2. The number of anilines is 1. The zero-order valence-electron chi connectivity index (χ0n) is 11.4. The van der Waals surface area contributed by atoms with Gasteiger partial charge in [0.2, 0.25) is 0 Å². The Hall–Kier alpha value is -1.34. The van der Waals surface area contributed by atoms with Crippen molar-refractivity contribution in [2.24, 2.45) is 5.92 Å². The number of carbonyl (C=O) groups excluding carboxylic acids is 1. The molecular formula is C14H18F2N2O2S. The van der Waals surface area contributed by atoms with Crippen molar-refractivity contribution in [1.29, 1.82) is 0 Å². The van der Waals surface area contributed by atoms with Gasteiger partial charge >= 0.3 is 6.03 Å². The molecule has 1 fully saturated rings. The summed E-state index contributed by atoms with van der Waals surface area (Å²) in [5, 5.41) is 14.5. The van der Waals surface area contributed by atoms with E-state index in [2.05, 4.69) is 10.6 Å². The van der Waals surface area contributed by atoms with Crippen LogP contribution >= 0.6 is 11.8 Å². The number of rotatable bonds is 7. The highest BCUT2D eigenvalue weighted by Gasteiger charge is 2.31. The summed E-state index contributed by atoms with van der Waals surface area (Å²) >= 11 is 0.439. The average molecular weight is 316 g/mol. The lowest BCUT2D eigenvalue weighted by Crippen LogP contribution is -2.39. The van der Waals surface area contributed by atoms with Crippen molar-refractivity contribution >= 4 is 23.5 Å². The minimum Gasteiger partial charge on any atom is -0.396 e. The molecule has 1 atom stereocenters. The monoisotopic (exact) mass is 316 g/mol. The maximum atomic E-state index is 12.3. The summed E-state index contributed by atoms with van der Waals surface area (Å²) in [5.74, 6) is -2.05. The smallest absolute Gasteiger partial charge is 0.319 e. The number of urea groups is 1. The lowest BCUT2D eigenvalue weighted by atomic mass is 10.1. The van der Waals surface area contributed by atoms with Gasteiger partial charge in [0.25, 0.3) is 5.76 Å². The van der Waals surface area contributed by atoms with Gasteiger partial charge in [-0.05, 0) is 43.4 Å². The lowest BCUT2D eigenvalue weighted by molar-refractivity contribution is 0.234. The van der Waals surface area contributed by atoms with E-state index in [1.54, 1.807) is 18.2 Å². The van der Waals surface area contributed by atoms with Gasteiger partial charge in [0.1, 0.15) is 0 Å². The maximum Gasteiger partial charge on any atom is 0.319 e. The van der Waals surface area contributed by atoms with Gasteiger partial charge in [-0.15, -0.1) is 0 Å².